The highest BCUT2D eigenvalue weighted by Gasteiger charge is 2.32. The number of ether oxygens (including phenoxy) is 1. The SMILES string of the molecule is NC(=O)[C@@H]1CCCN(CCNC(=O)N2CC(Oc3ccc(F)cc3)C2)C1. The molecular weight excluding hydrogens is 339 g/mol. The van der Waals surface area contributed by atoms with Crippen LogP contribution in [0.4, 0.5) is 9.18 Å². The standard InChI is InChI=1S/C18H25FN4O3/c19-14-3-5-15(6-4-14)26-16-11-23(12-16)18(25)21-7-9-22-8-1-2-13(10-22)17(20)24/h3-6,13,16H,1-2,7-12H2,(H2,20,24)(H,21,25)/t13-/m1/s1. The number of primary amides is 1. The maximum Gasteiger partial charge on any atom is 0.317 e. The van der Waals surface area contributed by atoms with E-state index < -0.39 is 0 Å². The van der Waals surface area contributed by atoms with Gasteiger partial charge in [-0.2, -0.15) is 0 Å². The predicted octanol–water partition coefficient (Wildman–Crippen LogP) is 0.796. The van der Waals surface area contributed by atoms with Gasteiger partial charge in [0, 0.05) is 19.6 Å². The number of urea groups is 1. The Morgan fingerprint density at radius 1 is 1.23 bits per heavy atom. The van der Waals surface area contributed by atoms with Crippen LogP contribution < -0.4 is 15.8 Å². The number of nitrogens with two attached hydrogens (primary N) is 1. The van der Waals surface area contributed by atoms with Crippen LogP contribution in [-0.2, 0) is 4.79 Å². The lowest BCUT2D eigenvalue weighted by Crippen LogP contribution is -2.59. The predicted molar refractivity (Wildman–Crippen MR) is 94.1 cm³/mol. The number of rotatable bonds is 6. The fourth-order valence-corrected chi connectivity index (χ4v) is 3.31. The number of halogens is 1. The second kappa shape index (κ2) is 8.35. The topological polar surface area (TPSA) is 87.9 Å². The minimum atomic E-state index is -0.303. The lowest BCUT2D eigenvalue weighted by atomic mass is 9.97. The molecule has 2 saturated heterocycles. The van der Waals surface area contributed by atoms with Crippen LogP contribution in [0.1, 0.15) is 12.8 Å². The average molecular weight is 364 g/mol. The molecule has 26 heavy (non-hydrogen) atoms. The molecule has 3 amide bonds. The van der Waals surface area contributed by atoms with Gasteiger partial charge in [0.2, 0.25) is 5.91 Å². The lowest BCUT2D eigenvalue weighted by Gasteiger charge is -2.39. The van der Waals surface area contributed by atoms with Crippen LogP contribution in [0, 0.1) is 11.7 Å². The number of carbonyl (C=O) groups is 2. The van der Waals surface area contributed by atoms with Crippen LogP contribution in [0.2, 0.25) is 0 Å². The van der Waals surface area contributed by atoms with Gasteiger partial charge in [-0.1, -0.05) is 0 Å². The van der Waals surface area contributed by atoms with Gasteiger partial charge in [-0.15, -0.1) is 0 Å². The summed E-state index contributed by atoms with van der Waals surface area (Å²) >= 11 is 0. The van der Waals surface area contributed by atoms with E-state index in [-0.39, 0.29) is 29.8 Å². The highest BCUT2D eigenvalue weighted by molar-refractivity contribution is 5.77. The Morgan fingerprint density at radius 2 is 1.96 bits per heavy atom. The van der Waals surface area contributed by atoms with Gasteiger partial charge < -0.3 is 25.6 Å². The van der Waals surface area contributed by atoms with E-state index in [0.717, 1.165) is 19.4 Å². The van der Waals surface area contributed by atoms with E-state index in [1.807, 2.05) is 0 Å². The van der Waals surface area contributed by atoms with Gasteiger partial charge in [0.05, 0.1) is 19.0 Å². The number of piperidine rings is 1. The molecule has 3 N–H and O–H groups in total. The van der Waals surface area contributed by atoms with E-state index in [2.05, 4.69) is 10.2 Å². The molecule has 0 spiro atoms. The molecule has 1 aromatic carbocycles. The third-order valence-electron chi connectivity index (χ3n) is 4.86. The van der Waals surface area contributed by atoms with Gasteiger partial charge in [-0.3, -0.25) is 4.79 Å². The Bertz CT molecular complexity index is 634. The first-order chi connectivity index (χ1) is 12.5. The van der Waals surface area contributed by atoms with Crippen LogP contribution in [0.5, 0.6) is 5.75 Å². The van der Waals surface area contributed by atoms with E-state index >= 15 is 0 Å². The molecule has 8 heteroatoms. The molecule has 0 aliphatic carbocycles. The van der Waals surface area contributed by atoms with E-state index in [1.54, 1.807) is 17.0 Å². The average Bonchev–Trinajstić information content (AvgIpc) is 2.59. The quantitative estimate of drug-likeness (QED) is 0.781. The number of amides is 3. The molecule has 1 aromatic rings. The number of hydrogen-bond donors (Lipinski definition) is 2. The first-order valence-electron chi connectivity index (χ1n) is 8.98. The van der Waals surface area contributed by atoms with Gasteiger partial charge in [0.15, 0.2) is 0 Å². The van der Waals surface area contributed by atoms with Crippen molar-refractivity contribution in [2.45, 2.75) is 18.9 Å². The summed E-state index contributed by atoms with van der Waals surface area (Å²) in [5, 5.41) is 2.89. The Labute approximate surface area is 152 Å². The molecule has 2 fully saturated rings. The van der Waals surface area contributed by atoms with Crippen molar-refractivity contribution in [2.75, 3.05) is 39.3 Å². The molecular formula is C18H25FN4O3. The molecule has 7 nitrogen and oxygen atoms in total. The summed E-state index contributed by atoms with van der Waals surface area (Å²) in [6.07, 6.45) is 1.74. The van der Waals surface area contributed by atoms with Crippen LogP contribution >= 0.6 is 0 Å². The van der Waals surface area contributed by atoms with Gasteiger partial charge >= 0.3 is 6.03 Å². The first-order valence-corrected chi connectivity index (χ1v) is 8.98. The van der Waals surface area contributed by atoms with Crippen molar-refractivity contribution in [2.24, 2.45) is 11.7 Å². The van der Waals surface area contributed by atoms with E-state index in [1.165, 1.54) is 12.1 Å². The van der Waals surface area contributed by atoms with Gasteiger partial charge in [-0.05, 0) is 43.7 Å². The van der Waals surface area contributed by atoms with Crippen molar-refractivity contribution in [3.05, 3.63) is 30.1 Å². The van der Waals surface area contributed by atoms with Crippen molar-refractivity contribution in [3.63, 3.8) is 0 Å². The number of nitrogens with zero attached hydrogens (tertiary/aromatic N) is 2. The van der Waals surface area contributed by atoms with Crippen LogP contribution in [-0.4, -0.2) is 67.1 Å². The van der Waals surface area contributed by atoms with Gasteiger partial charge in [-0.25, -0.2) is 9.18 Å². The maximum absolute atomic E-state index is 12.9. The molecule has 1 atom stereocenters. The van der Waals surface area contributed by atoms with Crippen molar-refractivity contribution < 1.29 is 18.7 Å². The monoisotopic (exact) mass is 364 g/mol. The summed E-state index contributed by atoms with van der Waals surface area (Å²) in [6.45, 7) is 3.86. The molecule has 0 radical (unpaired) electrons. The fourth-order valence-electron chi connectivity index (χ4n) is 3.31. The number of nitrogens with one attached hydrogen (secondary N) is 1. The Morgan fingerprint density at radius 3 is 2.65 bits per heavy atom. The minimum absolute atomic E-state index is 0.0652. The molecule has 2 heterocycles. The zero-order valence-corrected chi connectivity index (χ0v) is 14.7. The Kier molecular flexibility index (Phi) is 5.92. The highest BCUT2D eigenvalue weighted by atomic mass is 19.1. The van der Waals surface area contributed by atoms with Crippen molar-refractivity contribution in [3.8, 4) is 5.75 Å². The molecule has 142 valence electrons. The molecule has 2 aliphatic heterocycles. The van der Waals surface area contributed by atoms with E-state index in [9.17, 15) is 14.0 Å². The third kappa shape index (κ3) is 4.85. The van der Waals surface area contributed by atoms with Crippen LogP contribution in [0.15, 0.2) is 24.3 Å². The van der Waals surface area contributed by atoms with Gasteiger partial charge in [0.1, 0.15) is 17.7 Å². The molecule has 3 rings (SSSR count). The molecule has 0 aromatic heterocycles. The Balaban J connectivity index is 1.31. The zero-order valence-electron chi connectivity index (χ0n) is 14.7. The van der Waals surface area contributed by atoms with Crippen molar-refractivity contribution in [1.82, 2.24) is 15.1 Å². The normalized spacial score (nSPS) is 21.1. The summed E-state index contributed by atoms with van der Waals surface area (Å²) in [5.41, 5.74) is 5.37. The maximum atomic E-state index is 12.9. The Hall–Kier alpha value is -2.35. The zero-order chi connectivity index (χ0) is 18.5. The number of benzene rings is 1. The van der Waals surface area contributed by atoms with Crippen molar-refractivity contribution >= 4 is 11.9 Å². The van der Waals surface area contributed by atoms with Crippen LogP contribution in [0.3, 0.4) is 0 Å². The van der Waals surface area contributed by atoms with Crippen LogP contribution in [0.25, 0.3) is 0 Å². The first kappa shape index (κ1) is 18.4. The highest BCUT2D eigenvalue weighted by Crippen LogP contribution is 2.18. The fraction of sp³-hybridized carbons (Fsp3) is 0.556. The number of hydrogen-bond acceptors (Lipinski definition) is 4. The summed E-state index contributed by atoms with van der Waals surface area (Å²) in [5.74, 6) is -0.0286. The minimum Gasteiger partial charge on any atom is -0.487 e. The van der Waals surface area contributed by atoms with E-state index in [4.69, 9.17) is 10.5 Å². The number of likely N-dealkylation sites (tertiary alicyclic amines) is 2. The molecule has 0 unspecified atom stereocenters. The molecule has 0 saturated carbocycles. The largest absolute Gasteiger partial charge is 0.487 e. The smallest absolute Gasteiger partial charge is 0.317 e. The second-order valence-electron chi connectivity index (χ2n) is 6.87. The summed E-state index contributed by atoms with van der Waals surface area (Å²) in [4.78, 5) is 27.2. The van der Waals surface area contributed by atoms with E-state index in [0.29, 0.717) is 38.5 Å². The number of carbonyl (C=O) groups excluding carboxylic acids is 2. The molecule has 2 aliphatic rings. The summed E-state index contributed by atoms with van der Waals surface area (Å²) in [7, 11) is 0. The summed E-state index contributed by atoms with van der Waals surface area (Å²) < 4.78 is 18.5. The van der Waals surface area contributed by atoms with Crippen molar-refractivity contribution in [1.29, 1.82) is 0 Å². The molecule has 0 bridgehead atoms. The third-order valence-corrected chi connectivity index (χ3v) is 4.86. The van der Waals surface area contributed by atoms with Gasteiger partial charge in [0.25, 0.3) is 0 Å². The lowest BCUT2D eigenvalue weighted by molar-refractivity contribution is -0.123. The second-order valence-corrected chi connectivity index (χ2v) is 6.87. The summed E-state index contributed by atoms with van der Waals surface area (Å²) in [6, 6.07) is 5.74.